The molecule has 52 heavy (non-hydrogen) atoms. The molecule has 0 spiro atoms. The van der Waals surface area contributed by atoms with Crippen LogP contribution >= 0.6 is 0 Å². The van der Waals surface area contributed by atoms with Crippen molar-refractivity contribution in [2.75, 3.05) is 0 Å². The Hall–Kier alpha value is -5.43. The number of aryl methyl sites for hydroxylation is 4. The first-order valence-electron chi connectivity index (χ1n) is 17.6. The molecule has 0 saturated carbocycles. The van der Waals surface area contributed by atoms with Gasteiger partial charge in [0.15, 0.2) is 12.1 Å². The lowest BCUT2D eigenvalue weighted by Crippen LogP contribution is -2.32. The highest BCUT2D eigenvalue weighted by atomic mass is 19.5. The van der Waals surface area contributed by atoms with E-state index in [2.05, 4.69) is 201 Å². The van der Waals surface area contributed by atoms with Crippen molar-refractivity contribution in [3.63, 3.8) is 0 Å². The fourth-order valence-corrected chi connectivity index (χ4v) is 7.64. The summed E-state index contributed by atoms with van der Waals surface area (Å²) in [7, 11) is -6.00. The van der Waals surface area contributed by atoms with Crippen LogP contribution in [0.2, 0.25) is 0 Å². The van der Waals surface area contributed by atoms with Crippen molar-refractivity contribution in [2.45, 2.75) is 51.9 Å². The molecule has 2 nitrogen and oxygen atoms in total. The molecule has 2 atom stereocenters. The van der Waals surface area contributed by atoms with Crippen LogP contribution in [0.1, 0.15) is 79.8 Å². The number of hydrogen-bond acceptors (Lipinski definition) is 1. The SMILES string of the molecule is Cc1ccccc1C(c1ccccc1C)N1C=[N+](C(c2ccccc2C)c2ccccc2C)C(c2ccccc2)C1c1ccccc1.F[B-](F)(F)F. The minimum Gasteiger partial charge on any atom is -0.418 e. The van der Waals surface area contributed by atoms with Crippen molar-refractivity contribution in [1.82, 2.24) is 4.90 Å². The van der Waals surface area contributed by atoms with Crippen molar-refractivity contribution >= 4 is 13.6 Å². The Balaban J connectivity index is 0.000000870. The summed E-state index contributed by atoms with van der Waals surface area (Å²) in [6.45, 7) is 9.02. The van der Waals surface area contributed by atoms with E-state index in [4.69, 9.17) is 0 Å². The van der Waals surface area contributed by atoms with Crippen LogP contribution in [-0.2, 0) is 0 Å². The van der Waals surface area contributed by atoms with Gasteiger partial charge in [-0.25, -0.2) is 9.48 Å². The molecule has 0 aromatic heterocycles. The van der Waals surface area contributed by atoms with E-state index in [1.54, 1.807) is 0 Å². The van der Waals surface area contributed by atoms with Crippen LogP contribution < -0.4 is 0 Å². The molecule has 0 N–H and O–H groups in total. The molecule has 0 saturated heterocycles. The van der Waals surface area contributed by atoms with Gasteiger partial charge in [-0.15, -0.1) is 0 Å². The maximum atomic E-state index is 9.75. The summed E-state index contributed by atoms with van der Waals surface area (Å²) in [5.74, 6) is 0. The van der Waals surface area contributed by atoms with Crippen molar-refractivity contribution < 1.29 is 21.8 Å². The van der Waals surface area contributed by atoms with Crippen LogP contribution in [0.25, 0.3) is 0 Å². The molecule has 7 heteroatoms. The summed E-state index contributed by atoms with van der Waals surface area (Å²) < 4.78 is 41.7. The summed E-state index contributed by atoms with van der Waals surface area (Å²) in [4.78, 5) is 2.67. The van der Waals surface area contributed by atoms with E-state index in [0.29, 0.717) is 0 Å². The van der Waals surface area contributed by atoms with Gasteiger partial charge in [-0.05, 0) is 49.9 Å². The third-order valence-corrected chi connectivity index (χ3v) is 10.0. The molecular weight excluding hydrogens is 655 g/mol. The van der Waals surface area contributed by atoms with Gasteiger partial charge < -0.3 is 17.3 Å². The fraction of sp³-hybridized carbons (Fsp3) is 0.178. The maximum Gasteiger partial charge on any atom is 0.673 e. The van der Waals surface area contributed by atoms with Crippen LogP contribution in [0.5, 0.6) is 0 Å². The van der Waals surface area contributed by atoms with Crippen LogP contribution in [-0.4, -0.2) is 23.1 Å². The van der Waals surface area contributed by atoms with Gasteiger partial charge in [-0.1, -0.05) is 158 Å². The first-order chi connectivity index (χ1) is 25.0. The summed E-state index contributed by atoms with van der Waals surface area (Å²) in [6, 6.07) is 58.1. The second kappa shape index (κ2) is 15.9. The first kappa shape index (κ1) is 36.4. The Bertz CT molecular complexity index is 2030. The van der Waals surface area contributed by atoms with Crippen molar-refractivity contribution in [3.8, 4) is 0 Å². The van der Waals surface area contributed by atoms with Crippen molar-refractivity contribution in [3.05, 3.63) is 213 Å². The Morgan fingerprint density at radius 3 is 1.17 bits per heavy atom. The van der Waals surface area contributed by atoms with Gasteiger partial charge in [0.05, 0.1) is 0 Å². The highest BCUT2D eigenvalue weighted by Crippen LogP contribution is 2.50. The van der Waals surface area contributed by atoms with Crippen LogP contribution in [0.15, 0.2) is 158 Å². The van der Waals surface area contributed by atoms with E-state index < -0.39 is 7.25 Å². The summed E-state index contributed by atoms with van der Waals surface area (Å²) >= 11 is 0. The second-order valence-corrected chi connectivity index (χ2v) is 13.4. The summed E-state index contributed by atoms with van der Waals surface area (Å²) in [5.41, 5.74) is 13.1. The topological polar surface area (TPSA) is 6.25 Å². The molecule has 6 aromatic rings. The van der Waals surface area contributed by atoms with Gasteiger partial charge in [0.1, 0.15) is 12.1 Å². The Morgan fingerprint density at radius 2 is 0.788 bits per heavy atom. The minimum absolute atomic E-state index is 0.00760. The lowest BCUT2D eigenvalue weighted by atomic mass is 9.86. The van der Waals surface area contributed by atoms with Crippen LogP contribution in [0.4, 0.5) is 17.3 Å². The third-order valence-electron chi connectivity index (χ3n) is 10.0. The summed E-state index contributed by atoms with van der Waals surface area (Å²) in [5, 5.41) is 0. The molecule has 1 heterocycles. The van der Waals surface area contributed by atoms with E-state index in [9.17, 15) is 17.3 Å². The molecule has 0 bridgehead atoms. The number of rotatable bonds is 8. The molecule has 1 aliphatic heterocycles. The molecular formula is C45H43BF4N2. The summed E-state index contributed by atoms with van der Waals surface area (Å²) in [6.07, 6.45) is 2.47. The normalized spacial score (nSPS) is 15.7. The van der Waals surface area contributed by atoms with E-state index in [1.807, 2.05) is 0 Å². The van der Waals surface area contributed by atoms with Gasteiger partial charge in [0.25, 0.3) is 0 Å². The van der Waals surface area contributed by atoms with Crippen LogP contribution in [0, 0.1) is 27.7 Å². The minimum atomic E-state index is -6.00. The molecule has 0 fully saturated rings. The van der Waals surface area contributed by atoms with Crippen molar-refractivity contribution in [1.29, 1.82) is 0 Å². The zero-order chi connectivity index (χ0) is 36.8. The fourth-order valence-electron chi connectivity index (χ4n) is 7.64. The quantitative estimate of drug-likeness (QED) is 0.0871. The van der Waals surface area contributed by atoms with Gasteiger partial charge >= 0.3 is 7.25 Å². The lowest BCUT2D eigenvalue weighted by Gasteiger charge is -2.32. The number of benzene rings is 6. The number of hydrogen-bond donors (Lipinski definition) is 0. The van der Waals surface area contributed by atoms with Crippen molar-refractivity contribution in [2.24, 2.45) is 0 Å². The molecule has 6 aromatic carbocycles. The molecule has 0 aliphatic carbocycles. The molecule has 0 radical (unpaired) electrons. The largest absolute Gasteiger partial charge is 0.673 e. The van der Waals surface area contributed by atoms with E-state index in [-0.39, 0.29) is 24.2 Å². The maximum absolute atomic E-state index is 9.75. The Kier molecular flexibility index (Phi) is 11.1. The predicted octanol–water partition coefficient (Wildman–Crippen LogP) is 11.9. The molecule has 264 valence electrons. The van der Waals surface area contributed by atoms with E-state index >= 15 is 0 Å². The predicted molar refractivity (Wildman–Crippen MR) is 205 cm³/mol. The Labute approximate surface area is 304 Å². The van der Waals surface area contributed by atoms with Gasteiger partial charge in [-0.3, -0.25) is 0 Å². The molecule has 1 aliphatic rings. The zero-order valence-corrected chi connectivity index (χ0v) is 29.9. The highest BCUT2D eigenvalue weighted by Gasteiger charge is 2.50. The second-order valence-electron chi connectivity index (χ2n) is 13.4. The average molecular weight is 699 g/mol. The number of halogens is 4. The standard InChI is InChI=1S/C45H43N2.BF4/c1-32-19-11-15-27-38(32)44(39-28-16-12-20-33(39)2)46-31-47(43(37-25-9-6-10-26-37)42(46)36-23-7-5-8-24-36)45(40-29-17-13-21-34(40)3)41-30-18-14-22-35(41)4;2-1(3,4)5/h5-31,42-45H,1-4H3;/q+1;-1. The van der Waals surface area contributed by atoms with Gasteiger partial charge in [0, 0.05) is 33.4 Å². The zero-order valence-electron chi connectivity index (χ0n) is 29.9. The first-order valence-corrected chi connectivity index (χ1v) is 17.6. The van der Waals surface area contributed by atoms with Gasteiger partial charge in [0.2, 0.25) is 6.34 Å². The average Bonchev–Trinajstić information content (AvgIpc) is 3.51. The Morgan fingerprint density at radius 1 is 0.462 bits per heavy atom. The van der Waals surface area contributed by atoms with E-state index in [0.717, 1.165) is 0 Å². The van der Waals surface area contributed by atoms with Gasteiger partial charge in [-0.2, -0.15) is 0 Å². The third kappa shape index (κ3) is 8.04. The lowest BCUT2D eigenvalue weighted by molar-refractivity contribution is -0.596. The smallest absolute Gasteiger partial charge is 0.418 e. The molecule has 2 unspecified atom stereocenters. The van der Waals surface area contributed by atoms with E-state index in [1.165, 1.54) is 55.6 Å². The highest BCUT2D eigenvalue weighted by molar-refractivity contribution is 6.50. The molecule has 0 amide bonds. The van der Waals surface area contributed by atoms with Crippen LogP contribution in [0.3, 0.4) is 0 Å². The number of nitrogens with zero attached hydrogens (tertiary/aromatic N) is 2. The monoisotopic (exact) mass is 698 g/mol. The molecule has 7 rings (SSSR count).